The Bertz CT molecular complexity index is 417. The summed E-state index contributed by atoms with van der Waals surface area (Å²) in [6, 6.07) is 0. The van der Waals surface area contributed by atoms with Gasteiger partial charge in [-0.1, -0.05) is 19.1 Å². The Kier molecular flexibility index (Phi) is 3.12. The first-order valence-corrected chi connectivity index (χ1v) is 4.48. The van der Waals surface area contributed by atoms with Crippen LogP contribution in [-0.4, -0.2) is 33.2 Å². The number of aliphatic carboxylic acids is 3. The van der Waals surface area contributed by atoms with E-state index < -0.39 is 35.3 Å². The summed E-state index contributed by atoms with van der Waals surface area (Å²) < 4.78 is 0. The topological polar surface area (TPSA) is 112 Å². The maximum absolute atomic E-state index is 10.9. The van der Waals surface area contributed by atoms with Crippen LogP contribution in [0.3, 0.4) is 0 Å². The molecule has 0 aromatic heterocycles. The van der Waals surface area contributed by atoms with Gasteiger partial charge in [-0.3, -0.25) is 4.79 Å². The quantitative estimate of drug-likeness (QED) is 0.599. The van der Waals surface area contributed by atoms with E-state index in [4.69, 9.17) is 15.3 Å². The number of hydrogen-bond acceptors (Lipinski definition) is 3. The lowest BCUT2D eigenvalue weighted by Gasteiger charge is -2.20. The predicted octanol–water partition coefficient (Wildman–Crippen LogP) is 0.359. The minimum absolute atomic E-state index is 0.373. The number of carboxylic acid groups (broad SMARTS) is 3. The summed E-state index contributed by atoms with van der Waals surface area (Å²) in [5, 5.41) is 26.6. The Labute approximate surface area is 90.5 Å². The molecule has 0 radical (unpaired) electrons. The van der Waals surface area contributed by atoms with Crippen molar-refractivity contribution in [2.75, 3.05) is 0 Å². The molecule has 0 heterocycles. The van der Waals surface area contributed by atoms with Crippen LogP contribution in [0.2, 0.25) is 0 Å². The van der Waals surface area contributed by atoms with E-state index in [-0.39, 0.29) is 5.57 Å². The van der Waals surface area contributed by atoms with Crippen LogP contribution in [0.4, 0.5) is 0 Å². The second-order valence-corrected chi connectivity index (χ2v) is 3.43. The molecule has 0 spiro atoms. The van der Waals surface area contributed by atoms with Gasteiger partial charge >= 0.3 is 17.9 Å². The van der Waals surface area contributed by atoms with E-state index in [1.54, 1.807) is 0 Å². The van der Waals surface area contributed by atoms with Gasteiger partial charge in [0, 0.05) is 5.92 Å². The molecule has 2 atom stereocenters. The van der Waals surface area contributed by atoms with Crippen LogP contribution >= 0.6 is 0 Å². The zero-order valence-electron chi connectivity index (χ0n) is 8.38. The highest BCUT2D eigenvalue weighted by Crippen LogP contribution is 2.29. The van der Waals surface area contributed by atoms with Crippen LogP contribution in [0.5, 0.6) is 0 Å². The van der Waals surface area contributed by atoms with E-state index in [0.717, 1.165) is 0 Å². The Morgan fingerprint density at radius 1 is 1.00 bits per heavy atom. The third kappa shape index (κ3) is 1.95. The maximum Gasteiger partial charge on any atom is 0.333 e. The molecule has 6 nitrogen and oxygen atoms in total. The molecular formula is C10H10O6. The summed E-state index contributed by atoms with van der Waals surface area (Å²) in [5.41, 5.74) is -0.947. The van der Waals surface area contributed by atoms with Gasteiger partial charge in [-0.05, 0) is 0 Å². The molecule has 2 unspecified atom stereocenters. The van der Waals surface area contributed by atoms with Crippen LogP contribution < -0.4 is 0 Å². The Morgan fingerprint density at radius 3 is 1.88 bits per heavy atom. The van der Waals surface area contributed by atoms with E-state index in [1.807, 2.05) is 0 Å². The first-order chi connectivity index (χ1) is 7.36. The highest BCUT2D eigenvalue weighted by atomic mass is 16.4. The Balaban J connectivity index is 3.38. The van der Waals surface area contributed by atoms with Gasteiger partial charge < -0.3 is 15.3 Å². The van der Waals surface area contributed by atoms with Crippen molar-refractivity contribution in [2.45, 2.75) is 6.92 Å². The Hall–Kier alpha value is -2.11. The van der Waals surface area contributed by atoms with Gasteiger partial charge in [-0.25, -0.2) is 9.59 Å². The molecule has 86 valence electrons. The zero-order valence-corrected chi connectivity index (χ0v) is 8.38. The summed E-state index contributed by atoms with van der Waals surface area (Å²) in [4.78, 5) is 32.6. The van der Waals surface area contributed by atoms with Crippen molar-refractivity contribution >= 4 is 17.9 Å². The smallest absolute Gasteiger partial charge is 0.333 e. The van der Waals surface area contributed by atoms with E-state index in [9.17, 15) is 14.4 Å². The summed E-state index contributed by atoms with van der Waals surface area (Å²) in [5.74, 6) is -6.31. The van der Waals surface area contributed by atoms with Gasteiger partial charge in [0.05, 0.1) is 11.1 Å². The second kappa shape index (κ2) is 4.18. The molecule has 6 heteroatoms. The lowest BCUT2D eigenvalue weighted by Crippen LogP contribution is -2.28. The lowest BCUT2D eigenvalue weighted by atomic mass is 9.82. The number of rotatable bonds is 3. The van der Waals surface area contributed by atoms with Gasteiger partial charge in [0.1, 0.15) is 5.92 Å². The van der Waals surface area contributed by atoms with Crippen LogP contribution in [0, 0.1) is 11.8 Å². The molecule has 0 fully saturated rings. The molecular weight excluding hydrogens is 216 g/mol. The standard InChI is InChI=1S/C10H10O6/c1-4-2-3-5(8(11)12)7(10(15)16)6(4)9(13)14/h2-5H,1H3,(H,11,12)(H,13,14)(H,15,16). The van der Waals surface area contributed by atoms with E-state index >= 15 is 0 Å². The van der Waals surface area contributed by atoms with Crippen LogP contribution in [0.25, 0.3) is 0 Å². The van der Waals surface area contributed by atoms with E-state index in [2.05, 4.69) is 0 Å². The SMILES string of the molecule is CC1C=CC(C(=O)O)C(C(=O)O)=C1C(=O)O. The third-order valence-electron chi connectivity index (χ3n) is 2.38. The first-order valence-electron chi connectivity index (χ1n) is 4.48. The summed E-state index contributed by atoms with van der Waals surface area (Å²) in [6.07, 6.45) is 2.58. The van der Waals surface area contributed by atoms with Crippen molar-refractivity contribution in [3.05, 3.63) is 23.3 Å². The molecule has 0 saturated carbocycles. The van der Waals surface area contributed by atoms with E-state index in [0.29, 0.717) is 0 Å². The molecule has 1 aliphatic carbocycles. The minimum atomic E-state index is -1.51. The Morgan fingerprint density at radius 2 is 1.50 bits per heavy atom. The average molecular weight is 226 g/mol. The van der Waals surface area contributed by atoms with Gasteiger partial charge in [-0.2, -0.15) is 0 Å². The molecule has 3 N–H and O–H groups in total. The van der Waals surface area contributed by atoms with E-state index in [1.165, 1.54) is 19.1 Å². The van der Waals surface area contributed by atoms with Gasteiger partial charge in [0.2, 0.25) is 0 Å². The second-order valence-electron chi connectivity index (χ2n) is 3.43. The number of allylic oxidation sites excluding steroid dienone is 1. The lowest BCUT2D eigenvalue weighted by molar-refractivity contribution is -0.143. The number of carbonyl (C=O) groups is 3. The predicted molar refractivity (Wildman–Crippen MR) is 51.7 cm³/mol. The maximum atomic E-state index is 10.9. The monoisotopic (exact) mass is 226 g/mol. The molecule has 16 heavy (non-hydrogen) atoms. The van der Waals surface area contributed by atoms with Crippen molar-refractivity contribution in [2.24, 2.45) is 11.8 Å². The largest absolute Gasteiger partial charge is 0.481 e. The zero-order chi connectivity index (χ0) is 12.5. The first kappa shape index (κ1) is 12.0. The number of hydrogen-bond donors (Lipinski definition) is 3. The molecule has 0 bridgehead atoms. The van der Waals surface area contributed by atoms with Gasteiger partial charge in [0.25, 0.3) is 0 Å². The molecule has 0 amide bonds. The molecule has 1 rings (SSSR count). The fraction of sp³-hybridized carbons (Fsp3) is 0.300. The van der Waals surface area contributed by atoms with Crippen LogP contribution in [-0.2, 0) is 14.4 Å². The van der Waals surface area contributed by atoms with Crippen molar-refractivity contribution in [3.8, 4) is 0 Å². The van der Waals surface area contributed by atoms with Crippen LogP contribution in [0.15, 0.2) is 23.3 Å². The fourth-order valence-electron chi connectivity index (χ4n) is 1.65. The summed E-state index contributed by atoms with van der Waals surface area (Å²) in [6.45, 7) is 1.50. The highest BCUT2D eigenvalue weighted by Gasteiger charge is 2.35. The van der Waals surface area contributed by atoms with Crippen LogP contribution in [0.1, 0.15) is 6.92 Å². The molecule has 0 aromatic rings. The molecule has 0 saturated heterocycles. The fourth-order valence-corrected chi connectivity index (χ4v) is 1.65. The van der Waals surface area contributed by atoms with Gasteiger partial charge in [0.15, 0.2) is 0 Å². The molecule has 0 aliphatic heterocycles. The number of carboxylic acids is 3. The van der Waals surface area contributed by atoms with Crippen molar-refractivity contribution in [1.29, 1.82) is 0 Å². The molecule has 0 aromatic carbocycles. The summed E-state index contributed by atoms with van der Waals surface area (Å²) in [7, 11) is 0. The minimum Gasteiger partial charge on any atom is -0.481 e. The summed E-state index contributed by atoms with van der Waals surface area (Å²) >= 11 is 0. The van der Waals surface area contributed by atoms with Crippen molar-refractivity contribution < 1.29 is 29.7 Å². The van der Waals surface area contributed by atoms with Crippen molar-refractivity contribution in [3.63, 3.8) is 0 Å². The molecule has 1 aliphatic rings. The third-order valence-corrected chi connectivity index (χ3v) is 2.38. The average Bonchev–Trinajstić information content (AvgIpc) is 2.15. The van der Waals surface area contributed by atoms with Gasteiger partial charge in [-0.15, -0.1) is 0 Å². The normalized spacial score (nSPS) is 24.3. The van der Waals surface area contributed by atoms with Crippen molar-refractivity contribution in [1.82, 2.24) is 0 Å². The highest BCUT2D eigenvalue weighted by molar-refractivity contribution is 6.04.